The van der Waals surface area contributed by atoms with Gasteiger partial charge in [0.2, 0.25) is 0 Å². The van der Waals surface area contributed by atoms with Crippen LogP contribution >= 0.6 is 22.7 Å². The lowest BCUT2D eigenvalue weighted by Gasteiger charge is -2.18. The molecule has 2 amide bonds. The number of anilines is 1. The van der Waals surface area contributed by atoms with Gasteiger partial charge in [-0.3, -0.25) is 9.59 Å². The van der Waals surface area contributed by atoms with Gasteiger partial charge in [-0.05, 0) is 48.3 Å². The number of hydrogen-bond acceptors (Lipinski definition) is 6. The van der Waals surface area contributed by atoms with Crippen molar-refractivity contribution in [1.29, 1.82) is 0 Å². The van der Waals surface area contributed by atoms with E-state index in [2.05, 4.69) is 12.2 Å². The Balaban J connectivity index is 1.61. The topological polar surface area (TPSA) is 98.5 Å². The molecule has 2 heterocycles. The largest absolute Gasteiger partial charge is 0.452 e. The van der Waals surface area contributed by atoms with Gasteiger partial charge in [0.15, 0.2) is 6.61 Å². The number of nitrogens with two attached hydrogens (primary N) is 1. The van der Waals surface area contributed by atoms with Crippen LogP contribution in [-0.2, 0) is 27.2 Å². The van der Waals surface area contributed by atoms with Crippen molar-refractivity contribution >= 4 is 51.5 Å². The molecule has 3 N–H and O–H groups in total. The first-order valence-corrected chi connectivity index (χ1v) is 10.3. The highest BCUT2D eigenvalue weighted by atomic mass is 32.1. The van der Waals surface area contributed by atoms with Crippen molar-refractivity contribution < 1.29 is 19.1 Å². The molecule has 0 aromatic carbocycles. The van der Waals surface area contributed by atoms with E-state index in [1.54, 1.807) is 6.08 Å². The first kappa shape index (κ1) is 19.3. The lowest BCUT2D eigenvalue weighted by molar-refractivity contribution is -0.142. The van der Waals surface area contributed by atoms with Crippen LogP contribution < -0.4 is 11.1 Å². The lowest BCUT2D eigenvalue weighted by atomic mass is 9.88. The minimum atomic E-state index is -0.604. The van der Waals surface area contributed by atoms with Gasteiger partial charge in [-0.2, -0.15) is 0 Å². The smallest absolute Gasteiger partial charge is 0.331 e. The van der Waals surface area contributed by atoms with E-state index in [4.69, 9.17) is 10.5 Å². The van der Waals surface area contributed by atoms with Crippen molar-refractivity contribution in [3.8, 4) is 0 Å². The summed E-state index contributed by atoms with van der Waals surface area (Å²) in [4.78, 5) is 37.7. The maximum Gasteiger partial charge on any atom is 0.331 e. The molecule has 0 fully saturated rings. The average molecular weight is 405 g/mol. The standard InChI is InChI=1S/C19H20N2O4S2/c1-11-4-6-13-14(9-11)27-19(17(13)18(20)24)21-15(22)10-25-16(23)7-5-12-3-2-8-26-12/h2-3,5,7-8,11H,4,6,9-10H2,1H3,(H2,20,24)(H,21,22)/b7-5+/t11-/m0/s1. The summed E-state index contributed by atoms with van der Waals surface area (Å²) in [7, 11) is 0. The number of fused-ring (bicyclic) bond motifs is 1. The molecule has 0 saturated carbocycles. The van der Waals surface area contributed by atoms with Gasteiger partial charge in [-0.1, -0.05) is 13.0 Å². The summed E-state index contributed by atoms with van der Waals surface area (Å²) in [5.41, 5.74) is 6.85. The molecule has 1 atom stereocenters. The molecule has 1 aliphatic carbocycles. The number of carbonyl (C=O) groups is 3. The number of ether oxygens (including phenoxy) is 1. The van der Waals surface area contributed by atoms with Gasteiger partial charge in [-0.25, -0.2) is 4.79 Å². The van der Waals surface area contributed by atoms with Crippen LogP contribution in [0.25, 0.3) is 6.08 Å². The molecule has 6 nitrogen and oxygen atoms in total. The first-order valence-electron chi connectivity index (χ1n) is 8.56. The zero-order valence-electron chi connectivity index (χ0n) is 14.8. The predicted octanol–water partition coefficient (Wildman–Crippen LogP) is 3.23. The van der Waals surface area contributed by atoms with E-state index < -0.39 is 24.4 Å². The Bertz CT molecular complexity index is 884. The molecular weight excluding hydrogens is 384 g/mol. The molecule has 0 bridgehead atoms. The van der Waals surface area contributed by atoms with Gasteiger partial charge in [0.05, 0.1) is 5.56 Å². The third kappa shape index (κ3) is 4.84. The quantitative estimate of drug-likeness (QED) is 0.570. The first-order chi connectivity index (χ1) is 12.9. The van der Waals surface area contributed by atoms with Gasteiger partial charge < -0.3 is 15.8 Å². The summed E-state index contributed by atoms with van der Waals surface area (Å²) in [6, 6.07) is 3.74. The van der Waals surface area contributed by atoms with Crippen LogP contribution in [0.1, 0.15) is 39.0 Å². The molecule has 142 valence electrons. The molecule has 1 aliphatic rings. The van der Waals surface area contributed by atoms with Crippen LogP contribution in [0, 0.1) is 5.92 Å². The summed E-state index contributed by atoms with van der Waals surface area (Å²) in [5.74, 6) is -1.11. The molecule has 2 aromatic rings. The molecule has 0 unspecified atom stereocenters. The number of rotatable bonds is 6. The van der Waals surface area contributed by atoms with Crippen molar-refractivity contribution in [2.24, 2.45) is 11.7 Å². The molecular formula is C19H20N2O4S2. The fourth-order valence-corrected chi connectivity index (χ4v) is 5.03. The number of esters is 1. The number of nitrogens with one attached hydrogen (secondary N) is 1. The molecule has 0 radical (unpaired) electrons. The molecule has 2 aromatic heterocycles. The van der Waals surface area contributed by atoms with E-state index in [1.807, 2.05) is 17.5 Å². The van der Waals surface area contributed by atoms with Crippen molar-refractivity contribution in [1.82, 2.24) is 0 Å². The summed E-state index contributed by atoms with van der Waals surface area (Å²) < 4.78 is 4.95. The summed E-state index contributed by atoms with van der Waals surface area (Å²) in [6.45, 7) is 1.73. The number of primary amides is 1. The van der Waals surface area contributed by atoms with E-state index in [0.717, 1.165) is 34.6 Å². The minimum Gasteiger partial charge on any atom is -0.452 e. The van der Waals surface area contributed by atoms with Gasteiger partial charge >= 0.3 is 5.97 Å². The van der Waals surface area contributed by atoms with Crippen LogP contribution in [-0.4, -0.2) is 24.4 Å². The fourth-order valence-electron chi connectivity index (χ4n) is 2.98. The summed E-state index contributed by atoms with van der Waals surface area (Å²) in [5, 5.41) is 5.01. The number of carbonyl (C=O) groups excluding carboxylic acids is 3. The van der Waals surface area contributed by atoms with Crippen molar-refractivity contribution in [3.05, 3.63) is 44.5 Å². The Morgan fingerprint density at radius 2 is 2.22 bits per heavy atom. The van der Waals surface area contributed by atoms with E-state index >= 15 is 0 Å². The van der Waals surface area contributed by atoms with Crippen LogP contribution in [0.3, 0.4) is 0 Å². The van der Waals surface area contributed by atoms with Crippen LogP contribution in [0.15, 0.2) is 23.6 Å². The second-order valence-electron chi connectivity index (χ2n) is 6.42. The minimum absolute atomic E-state index is 0.388. The Hall–Kier alpha value is -2.45. The highest BCUT2D eigenvalue weighted by Crippen LogP contribution is 2.39. The predicted molar refractivity (Wildman–Crippen MR) is 107 cm³/mol. The molecule has 0 saturated heterocycles. The Morgan fingerprint density at radius 3 is 2.93 bits per heavy atom. The average Bonchev–Trinajstić information content (AvgIpc) is 3.24. The van der Waals surface area contributed by atoms with Gasteiger partial charge in [0, 0.05) is 15.8 Å². The number of thiophene rings is 2. The highest BCUT2D eigenvalue weighted by molar-refractivity contribution is 7.17. The summed E-state index contributed by atoms with van der Waals surface area (Å²) >= 11 is 2.87. The lowest BCUT2D eigenvalue weighted by Crippen LogP contribution is -2.22. The third-order valence-electron chi connectivity index (χ3n) is 4.28. The second-order valence-corrected chi connectivity index (χ2v) is 8.51. The monoisotopic (exact) mass is 404 g/mol. The molecule has 3 rings (SSSR count). The molecule has 0 aliphatic heterocycles. The Kier molecular flexibility index (Phi) is 6.08. The molecule has 0 spiro atoms. The van der Waals surface area contributed by atoms with Crippen molar-refractivity contribution in [3.63, 3.8) is 0 Å². The maximum atomic E-state index is 12.1. The fraction of sp³-hybridized carbons (Fsp3) is 0.316. The van der Waals surface area contributed by atoms with Crippen LogP contribution in [0.5, 0.6) is 0 Å². The Morgan fingerprint density at radius 1 is 1.41 bits per heavy atom. The van der Waals surface area contributed by atoms with Gasteiger partial charge in [0.1, 0.15) is 5.00 Å². The van der Waals surface area contributed by atoms with Gasteiger partial charge in [0.25, 0.3) is 11.8 Å². The van der Waals surface area contributed by atoms with E-state index in [0.29, 0.717) is 16.5 Å². The third-order valence-corrected chi connectivity index (χ3v) is 6.29. The molecule has 8 heteroatoms. The number of amides is 2. The highest BCUT2D eigenvalue weighted by Gasteiger charge is 2.27. The van der Waals surface area contributed by atoms with E-state index in [9.17, 15) is 14.4 Å². The van der Waals surface area contributed by atoms with E-state index in [1.165, 1.54) is 28.7 Å². The Labute approximate surface area is 165 Å². The van der Waals surface area contributed by atoms with Crippen LogP contribution in [0.2, 0.25) is 0 Å². The SMILES string of the molecule is C[C@H]1CCc2c(sc(NC(=O)COC(=O)/C=C/c3cccs3)c2C(N)=O)C1. The maximum absolute atomic E-state index is 12.1. The summed E-state index contributed by atoms with van der Waals surface area (Å²) in [6.07, 6.45) is 5.55. The van der Waals surface area contributed by atoms with Crippen molar-refractivity contribution in [2.45, 2.75) is 26.2 Å². The van der Waals surface area contributed by atoms with Crippen molar-refractivity contribution in [2.75, 3.05) is 11.9 Å². The normalized spacial score (nSPS) is 16.1. The molecule has 27 heavy (non-hydrogen) atoms. The number of hydrogen-bond donors (Lipinski definition) is 2. The van der Waals surface area contributed by atoms with Crippen LogP contribution in [0.4, 0.5) is 5.00 Å². The zero-order valence-corrected chi connectivity index (χ0v) is 16.5. The second kappa shape index (κ2) is 8.49. The van der Waals surface area contributed by atoms with Gasteiger partial charge in [-0.15, -0.1) is 22.7 Å². The zero-order chi connectivity index (χ0) is 19.4. The van der Waals surface area contributed by atoms with E-state index in [-0.39, 0.29) is 0 Å².